The molecule has 1 heterocycles. The van der Waals surface area contributed by atoms with Gasteiger partial charge in [-0.3, -0.25) is 9.59 Å². The lowest BCUT2D eigenvalue weighted by Crippen LogP contribution is -2.46. The molecule has 0 aliphatic rings. The van der Waals surface area contributed by atoms with Crippen LogP contribution in [-0.2, 0) is 9.59 Å². The molecule has 110 valence electrons. The maximum atomic E-state index is 11.7. The smallest absolute Gasteiger partial charge is 0.243 e. The number of nitrogens with zero attached hydrogens (tertiary/aromatic N) is 1. The van der Waals surface area contributed by atoms with Gasteiger partial charge in [0, 0.05) is 6.20 Å². The minimum atomic E-state index is -0.629. The number of rotatable bonds is 6. The number of carbonyl (C=O) groups excluding carboxylic acids is 2. The van der Waals surface area contributed by atoms with E-state index >= 15 is 0 Å². The minimum absolute atomic E-state index is 0.0106. The third-order valence-electron chi connectivity index (χ3n) is 2.68. The van der Waals surface area contributed by atoms with Crippen molar-refractivity contribution in [1.29, 1.82) is 0 Å². The second-order valence-electron chi connectivity index (χ2n) is 4.60. The average molecular weight is 280 g/mol. The van der Waals surface area contributed by atoms with Gasteiger partial charge in [0.1, 0.15) is 5.69 Å². The van der Waals surface area contributed by atoms with Crippen LogP contribution in [0, 0.1) is 5.92 Å². The summed E-state index contributed by atoms with van der Waals surface area (Å²) in [6.07, 6.45) is 1.55. The van der Waals surface area contributed by atoms with E-state index in [1.807, 2.05) is 13.8 Å². The summed E-state index contributed by atoms with van der Waals surface area (Å²) >= 11 is 0. The number of ether oxygens (including phenoxy) is 1. The van der Waals surface area contributed by atoms with Gasteiger partial charge < -0.3 is 21.1 Å². The topological polar surface area (TPSA) is 106 Å². The van der Waals surface area contributed by atoms with Crippen LogP contribution in [0.25, 0.3) is 0 Å². The van der Waals surface area contributed by atoms with Crippen LogP contribution in [0.15, 0.2) is 18.3 Å². The van der Waals surface area contributed by atoms with Gasteiger partial charge in [-0.15, -0.1) is 0 Å². The molecule has 0 saturated heterocycles. The normalized spacial score (nSPS) is 11.8. The van der Waals surface area contributed by atoms with E-state index in [2.05, 4.69) is 15.6 Å². The molecule has 0 unspecified atom stereocenters. The molecular formula is C13H20N4O3. The average Bonchev–Trinajstić information content (AvgIpc) is 2.44. The molecule has 4 N–H and O–H groups in total. The van der Waals surface area contributed by atoms with E-state index in [0.29, 0.717) is 11.6 Å². The highest BCUT2D eigenvalue weighted by molar-refractivity contribution is 5.96. The van der Waals surface area contributed by atoms with Crippen LogP contribution in [0.2, 0.25) is 0 Å². The van der Waals surface area contributed by atoms with Gasteiger partial charge in [-0.05, 0) is 18.1 Å². The van der Waals surface area contributed by atoms with E-state index in [1.165, 1.54) is 7.11 Å². The molecule has 1 rings (SSSR count). The number of hydrogen-bond donors (Lipinski definition) is 3. The van der Waals surface area contributed by atoms with Gasteiger partial charge in [0.15, 0.2) is 0 Å². The van der Waals surface area contributed by atoms with Crippen LogP contribution in [0.5, 0.6) is 5.88 Å². The number of aromatic nitrogens is 1. The van der Waals surface area contributed by atoms with Gasteiger partial charge in [0.2, 0.25) is 17.7 Å². The first-order valence-electron chi connectivity index (χ1n) is 6.27. The standard InChI is InChI=1S/C13H20N4O3/c1-8(2)11(14)12(19)16-7-10(18)17-9-5-4-6-15-13(9)20-3/h4-6,8,11H,7,14H2,1-3H3,(H,16,19)(H,17,18)/t11-/m0/s1. The van der Waals surface area contributed by atoms with Crippen LogP contribution >= 0.6 is 0 Å². The Morgan fingerprint density at radius 2 is 2.15 bits per heavy atom. The summed E-state index contributed by atoms with van der Waals surface area (Å²) in [5.41, 5.74) is 6.12. The van der Waals surface area contributed by atoms with Crippen molar-refractivity contribution in [3.63, 3.8) is 0 Å². The maximum absolute atomic E-state index is 11.7. The molecule has 20 heavy (non-hydrogen) atoms. The van der Waals surface area contributed by atoms with Crippen LogP contribution in [-0.4, -0.2) is 36.5 Å². The van der Waals surface area contributed by atoms with Crippen molar-refractivity contribution in [1.82, 2.24) is 10.3 Å². The number of methoxy groups -OCH3 is 1. The maximum Gasteiger partial charge on any atom is 0.243 e. The van der Waals surface area contributed by atoms with Crippen LogP contribution in [0.4, 0.5) is 5.69 Å². The summed E-state index contributed by atoms with van der Waals surface area (Å²) in [4.78, 5) is 27.3. The molecular weight excluding hydrogens is 260 g/mol. The second kappa shape index (κ2) is 7.44. The van der Waals surface area contributed by atoms with Crippen LogP contribution in [0.1, 0.15) is 13.8 Å². The SMILES string of the molecule is COc1ncccc1NC(=O)CNC(=O)[C@@H](N)C(C)C. The minimum Gasteiger partial charge on any atom is -0.480 e. The zero-order chi connectivity index (χ0) is 15.1. The lowest BCUT2D eigenvalue weighted by Gasteiger charge is -2.15. The Hall–Kier alpha value is -2.15. The Labute approximate surface area is 117 Å². The number of nitrogens with one attached hydrogen (secondary N) is 2. The van der Waals surface area contributed by atoms with E-state index in [-0.39, 0.29) is 24.3 Å². The van der Waals surface area contributed by atoms with Crippen molar-refractivity contribution in [3.8, 4) is 5.88 Å². The summed E-state index contributed by atoms with van der Waals surface area (Å²) in [6.45, 7) is 3.52. The molecule has 1 aromatic rings. The molecule has 1 aromatic heterocycles. The van der Waals surface area contributed by atoms with E-state index in [4.69, 9.17) is 10.5 Å². The molecule has 0 spiro atoms. The van der Waals surface area contributed by atoms with Crippen molar-refractivity contribution >= 4 is 17.5 Å². The monoisotopic (exact) mass is 280 g/mol. The molecule has 1 atom stereocenters. The lowest BCUT2D eigenvalue weighted by molar-refractivity contribution is -0.125. The van der Waals surface area contributed by atoms with E-state index < -0.39 is 6.04 Å². The fraction of sp³-hybridized carbons (Fsp3) is 0.462. The van der Waals surface area contributed by atoms with Crippen molar-refractivity contribution < 1.29 is 14.3 Å². The Morgan fingerprint density at radius 3 is 2.75 bits per heavy atom. The van der Waals surface area contributed by atoms with Crippen molar-refractivity contribution in [3.05, 3.63) is 18.3 Å². The van der Waals surface area contributed by atoms with E-state index in [0.717, 1.165) is 0 Å². The number of hydrogen-bond acceptors (Lipinski definition) is 5. The zero-order valence-electron chi connectivity index (χ0n) is 11.8. The quantitative estimate of drug-likeness (QED) is 0.686. The van der Waals surface area contributed by atoms with Gasteiger partial charge in [-0.2, -0.15) is 0 Å². The van der Waals surface area contributed by atoms with Gasteiger partial charge in [0.25, 0.3) is 0 Å². The first-order valence-corrected chi connectivity index (χ1v) is 6.27. The molecule has 0 fully saturated rings. The molecule has 7 heteroatoms. The van der Waals surface area contributed by atoms with Gasteiger partial charge in [-0.1, -0.05) is 13.8 Å². The molecule has 7 nitrogen and oxygen atoms in total. The zero-order valence-corrected chi connectivity index (χ0v) is 11.8. The number of pyridine rings is 1. The van der Waals surface area contributed by atoms with Crippen molar-refractivity contribution in [2.75, 3.05) is 19.0 Å². The fourth-order valence-electron chi connectivity index (χ4n) is 1.43. The van der Waals surface area contributed by atoms with E-state index in [9.17, 15) is 9.59 Å². The predicted molar refractivity (Wildman–Crippen MR) is 75.2 cm³/mol. The highest BCUT2D eigenvalue weighted by atomic mass is 16.5. The summed E-state index contributed by atoms with van der Waals surface area (Å²) < 4.78 is 5.01. The highest BCUT2D eigenvalue weighted by Gasteiger charge is 2.17. The first-order chi connectivity index (χ1) is 9.45. The molecule has 0 aromatic carbocycles. The Bertz CT molecular complexity index is 476. The van der Waals surface area contributed by atoms with Gasteiger partial charge in [0.05, 0.1) is 19.7 Å². The van der Waals surface area contributed by atoms with Gasteiger partial charge in [-0.25, -0.2) is 4.98 Å². The second-order valence-corrected chi connectivity index (χ2v) is 4.60. The molecule has 0 bridgehead atoms. The largest absolute Gasteiger partial charge is 0.480 e. The third-order valence-corrected chi connectivity index (χ3v) is 2.68. The first kappa shape index (κ1) is 15.9. The molecule has 0 aliphatic carbocycles. The Kier molecular flexibility index (Phi) is 5.92. The molecule has 0 saturated carbocycles. The predicted octanol–water partition coefficient (Wildman–Crippen LogP) is 0.128. The highest BCUT2D eigenvalue weighted by Crippen LogP contribution is 2.19. The van der Waals surface area contributed by atoms with Gasteiger partial charge >= 0.3 is 0 Å². The molecule has 2 amide bonds. The summed E-state index contributed by atoms with van der Waals surface area (Å²) in [6, 6.07) is 2.70. The fourth-order valence-corrected chi connectivity index (χ4v) is 1.43. The molecule has 0 radical (unpaired) electrons. The van der Waals surface area contributed by atoms with Crippen molar-refractivity contribution in [2.24, 2.45) is 11.7 Å². The number of carbonyl (C=O) groups is 2. The van der Waals surface area contributed by atoms with Crippen molar-refractivity contribution in [2.45, 2.75) is 19.9 Å². The summed E-state index contributed by atoms with van der Waals surface area (Å²) in [5, 5.41) is 5.09. The Morgan fingerprint density at radius 1 is 1.45 bits per heavy atom. The molecule has 0 aliphatic heterocycles. The number of amides is 2. The number of anilines is 1. The van der Waals surface area contributed by atoms with Crippen LogP contribution < -0.4 is 21.1 Å². The number of nitrogens with two attached hydrogens (primary N) is 1. The summed E-state index contributed by atoms with van der Waals surface area (Å²) in [5.74, 6) is -0.406. The third kappa shape index (κ3) is 4.51. The lowest BCUT2D eigenvalue weighted by atomic mass is 10.1. The van der Waals surface area contributed by atoms with E-state index in [1.54, 1.807) is 18.3 Å². The summed E-state index contributed by atoms with van der Waals surface area (Å²) in [7, 11) is 1.46. The van der Waals surface area contributed by atoms with Crippen LogP contribution in [0.3, 0.4) is 0 Å². The Balaban J connectivity index is 2.50.